The zero-order valence-electron chi connectivity index (χ0n) is 9.58. The van der Waals surface area contributed by atoms with Gasteiger partial charge in [-0.3, -0.25) is 0 Å². The number of aliphatic hydroxyl groups is 1. The van der Waals surface area contributed by atoms with Gasteiger partial charge in [0.1, 0.15) is 0 Å². The number of rotatable bonds is 3. The molecule has 1 aliphatic carbocycles. The normalized spacial score (nSPS) is 32.0. The fraction of sp³-hybridized carbons (Fsp3) is 1.00. The molecular formula is C12H22O3. The molecule has 2 fully saturated rings. The van der Waals surface area contributed by atoms with E-state index in [-0.39, 0.29) is 24.4 Å². The van der Waals surface area contributed by atoms with E-state index in [2.05, 4.69) is 6.92 Å². The molecule has 1 saturated carbocycles. The second-order valence-electron chi connectivity index (χ2n) is 4.79. The monoisotopic (exact) mass is 214 g/mol. The summed E-state index contributed by atoms with van der Waals surface area (Å²) in [6.07, 6.45) is 6.86. The van der Waals surface area contributed by atoms with E-state index >= 15 is 0 Å². The van der Waals surface area contributed by atoms with Gasteiger partial charge in [-0.05, 0) is 19.3 Å². The first-order valence-corrected chi connectivity index (χ1v) is 6.22. The summed E-state index contributed by atoms with van der Waals surface area (Å²) in [7, 11) is 0. The van der Waals surface area contributed by atoms with Crippen molar-refractivity contribution in [3.8, 4) is 0 Å². The minimum atomic E-state index is -0.286. The molecule has 0 unspecified atom stereocenters. The highest BCUT2D eigenvalue weighted by Crippen LogP contribution is 2.39. The lowest BCUT2D eigenvalue weighted by molar-refractivity contribution is -0.192. The van der Waals surface area contributed by atoms with Gasteiger partial charge in [-0.2, -0.15) is 0 Å². The van der Waals surface area contributed by atoms with Crippen LogP contribution in [0.5, 0.6) is 0 Å². The van der Waals surface area contributed by atoms with Crippen LogP contribution in [0, 0.1) is 5.92 Å². The molecule has 1 spiro atoms. The van der Waals surface area contributed by atoms with Gasteiger partial charge in [-0.15, -0.1) is 0 Å². The summed E-state index contributed by atoms with van der Waals surface area (Å²) in [4.78, 5) is 0. The van der Waals surface area contributed by atoms with Gasteiger partial charge in [0.2, 0.25) is 0 Å². The largest absolute Gasteiger partial charge is 0.396 e. The minimum Gasteiger partial charge on any atom is -0.396 e. The van der Waals surface area contributed by atoms with Crippen molar-refractivity contribution < 1.29 is 14.6 Å². The average molecular weight is 214 g/mol. The third-order valence-corrected chi connectivity index (χ3v) is 3.78. The predicted octanol–water partition coefficient (Wildman–Crippen LogP) is 2.08. The second-order valence-corrected chi connectivity index (χ2v) is 4.79. The highest BCUT2D eigenvalue weighted by molar-refractivity contribution is 4.84. The fourth-order valence-electron chi connectivity index (χ4n) is 2.67. The quantitative estimate of drug-likeness (QED) is 0.781. The van der Waals surface area contributed by atoms with Crippen molar-refractivity contribution in [3.63, 3.8) is 0 Å². The lowest BCUT2D eigenvalue weighted by Gasteiger charge is -2.32. The van der Waals surface area contributed by atoms with Gasteiger partial charge in [0, 0.05) is 25.4 Å². The van der Waals surface area contributed by atoms with Crippen LogP contribution in [0.15, 0.2) is 0 Å². The molecule has 3 nitrogen and oxygen atoms in total. The van der Waals surface area contributed by atoms with Crippen LogP contribution in [0.1, 0.15) is 45.4 Å². The van der Waals surface area contributed by atoms with Gasteiger partial charge < -0.3 is 14.6 Å². The van der Waals surface area contributed by atoms with E-state index in [9.17, 15) is 5.11 Å². The summed E-state index contributed by atoms with van der Waals surface area (Å²) in [5.41, 5.74) is 0. The Balaban J connectivity index is 1.92. The highest BCUT2D eigenvalue weighted by Gasteiger charge is 2.44. The van der Waals surface area contributed by atoms with Gasteiger partial charge in [0.05, 0.1) is 12.7 Å². The van der Waals surface area contributed by atoms with Crippen LogP contribution in [0.4, 0.5) is 0 Å². The first kappa shape index (κ1) is 11.4. The molecule has 1 saturated heterocycles. The van der Waals surface area contributed by atoms with Crippen molar-refractivity contribution in [2.75, 3.05) is 13.2 Å². The van der Waals surface area contributed by atoms with Crippen molar-refractivity contribution in [2.45, 2.75) is 57.3 Å². The van der Waals surface area contributed by atoms with E-state index in [4.69, 9.17) is 9.47 Å². The van der Waals surface area contributed by atoms with E-state index in [1.807, 2.05) is 0 Å². The molecule has 0 aromatic carbocycles. The van der Waals surface area contributed by atoms with Crippen molar-refractivity contribution in [1.82, 2.24) is 0 Å². The minimum absolute atomic E-state index is 0.109. The smallest absolute Gasteiger partial charge is 0.168 e. The van der Waals surface area contributed by atoms with E-state index in [0.717, 1.165) is 19.3 Å². The predicted molar refractivity (Wildman–Crippen MR) is 57.5 cm³/mol. The van der Waals surface area contributed by atoms with Crippen molar-refractivity contribution in [2.24, 2.45) is 5.92 Å². The van der Waals surface area contributed by atoms with E-state index < -0.39 is 0 Å². The molecule has 2 rings (SSSR count). The Morgan fingerprint density at radius 3 is 2.67 bits per heavy atom. The molecule has 1 N–H and O–H groups in total. The maximum Gasteiger partial charge on any atom is 0.168 e. The zero-order valence-corrected chi connectivity index (χ0v) is 9.58. The molecule has 15 heavy (non-hydrogen) atoms. The SMILES string of the molecule is CC[C@@H](CO)[C@H]1COC2(CCCCC2)O1. The van der Waals surface area contributed by atoms with Crippen molar-refractivity contribution >= 4 is 0 Å². The maximum absolute atomic E-state index is 9.24. The summed E-state index contributed by atoms with van der Waals surface area (Å²) in [5.74, 6) is -0.0443. The summed E-state index contributed by atoms with van der Waals surface area (Å²) < 4.78 is 11.9. The van der Waals surface area contributed by atoms with Gasteiger partial charge in [0.25, 0.3) is 0 Å². The Kier molecular flexibility index (Phi) is 3.65. The lowest BCUT2D eigenvalue weighted by atomic mass is 9.94. The number of aliphatic hydroxyl groups excluding tert-OH is 1. The summed E-state index contributed by atoms with van der Waals surface area (Å²) in [6, 6.07) is 0. The molecule has 0 amide bonds. The standard InChI is InChI=1S/C12H22O3/c1-2-10(8-13)11-9-14-12(15-11)6-4-3-5-7-12/h10-11,13H,2-9H2,1H3/t10-,11+/m0/s1. The summed E-state index contributed by atoms with van der Waals surface area (Å²) >= 11 is 0. The number of ether oxygens (including phenoxy) is 2. The first-order valence-electron chi connectivity index (χ1n) is 6.22. The van der Waals surface area contributed by atoms with Crippen LogP contribution in [0.3, 0.4) is 0 Å². The van der Waals surface area contributed by atoms with Crippen LogP contribution in [0.25, 0.3) is 0 Å². The Bertz CT molecular complexity index is 195. The molecule has 2 aliphatic rings. The van der Waals surface area contributed by atoms with Crippen molar-refractivity contribution in [3.05, 3.63) is 0 Å². The molecule has 1 aliphatic heterocycles. The molecular weight excluding hydrogens is 192 g/mol. The Morgan fingerprint density at radius 1 is 1.33 bits per heavy atom. The maximum atomic E-state index is 9.24. The topological polar surface area (TPSA) is 38.7 Å². The van der Waals surface area contributed by atoms with Gasteiger partial charge in [0.15, 0.2) is 5.79 Å². The highest BCUT2D eigenvalue weighted by atomic mass is 16.7. The summed E-state index contributed by atoms with van der Waals surface area (Å²) in [5, 5.41) is 9.24. The van der Waals surface area contributed by atoms with Gasteiger partial charge in [-0.25, -0.2) is 0 Å². The average Bonchev–Trinajstić information content (AvgIpc) is 2.65. The van der Waals surface area contributed by atoms with Crippen LogP contribution in [-0.4, -0.2) is 30.2 Å². The lowest BCUT2D eigenvalue weighted by Crippen LogP contribution is -2.35. The van der Waals surface area contributed by atoms with Gasteiger partial charge >= 0.3 is 0 Å². The van der Waals surface area contributed by atoms with Crippen LogP contribution < -0.4 is 0 Å². The first-order chi connectivity index (χ1) is 7.29. The molecule has 0 aromatic rings. The molecule has 1 heterocycles. The molecule has 0 radical (unpaired) electrons. The number of hydrogen-bond acceptors (Lipinski definition) is 3. The third kappa shape index (κ3) is 2.35. The van der Waals surface area contributed by atoms with E-state index in [1.54, 1.807) is 0 Å². The third-order valence-electron chi connectivity index (χ3n) is 3.78. The Hall–Kier alpha value is -0.120. The van der Waals surface area contributed by atoms with Crippen LogP contribution in [0.2, 0.25) is 0 Å². The van der Waals surface area contributed by atoms with Crippen LogP contribution in [-0.2, 0) is 9.47 Å². The molecule has 0 bridgehead atoms. The van der Waals surface area contributed by atoms with E-state index in [0.29, 0.717) is 6.61 Å². The van der Waals surface area contributed by atoms with Crippen LogP contribution >= 0.6 is 0 Å². The van der Waals surface area contributed by atoms with E-state index in [1.165, 1.54) is 19.3 Å². The Morgan fingerprint density at radius 2 is 2.07 bits per heavy atom. The molecule has 0 aromatic heterocycles. The molecule has 2 atom stereocenters. The zero-order chi connectivity index (χ0) is 10.7. The van der Waals surface area contributed by atoms with Crippen molar-refractivity contribution in [1.29, 1.82) is 0 Å². The summed E-state index contributed by atoms with van der Waals surface area (Å²) in [6.45, 7) is 2.97. The second kappa shape index (κ2) is 4.81. The fourth-order valence-corrected chi connectivity index (χ4v) is 2.67. The molecule has 88 valence electrons. The Labute approximate surface area is 91.8 Å². The number of hydrogen-bond donors (Lipinski definition) is 1. The van der Waals surface area contributed by atoms with Gasteiger partial charge in [-0.1, -0.05) is 13.3 Å². The molecule has 3 heteroatoms.